The number of rotatable bonds is 6. The number of carbonyl (C=O) groups excluding carboxylic acids is 1. The van der Waals surface area contributed by atoms with Crippen molar-refractivity contribution in [3.63, 3.8) is 0 Å². The molecule has 0 aliphatic rings. The van der Waals surface area contributed by atoms with Gasteiger partial charge < -0.3 is 15.9 Å². The van der Waals surface area contributed by atoms with Crippen molar-refractivity contribution in [3.8, 4) is 11.5 Å². The van der Waals surface area contributed by atoms with Crippen molar-refractivity contribution < 1.29 is 22.7 Å². The van der Waals surface area contributed by atoms with Gasteiger partial charge in [0.15, 0.2) is 0 Å². The van der Waals surface area contributed by atoms with Crippen LogP contribution < -0.4 is 15.9 Å². The maximum atomic E-state index is 12.7. The second-order valence-corrected chi connectivity index (χ2v) is 7.17. The second kappa shape index (κ2) is 8.43. The van der Waals surface area contributed by atoms with Crippen molar-refractivity contribution >= 4 is 23.4 Å². The Hall–Kier alpha value is -3.21. The van der Waals surface area contributed by atoms with Crippen molar-refractivity contribution in [1.29, 1.82) is 0 Å². The minimum absolute atomic E-state index is 0.216. The number of nitrogens with one attached hydrogen (secondary N) is 1. The summed E-state index contributed by atoms with van der Waals surface area (Å²) in [5.41, 5.74) is 0.507. The van der Waals surface area contributed by atoms with Crippen LogP contribution in [0.3, 0.4) is 0 Å². The Bertz CT molecular complexity index is 977. The van der Waals surface area contributed by atoms with Crippen LogP contribution in [0, 0.1) is 0 Å². The quantitative estimate of drug-likeness (QED) is 0.461. The van der Waals surface area contributed by atoms with E-state index < -0.39 is 23.2 Å². The third-order valence-electron chi connectivity index (χ3n) is 3.67. The highest BCUT2D eigenvalue weighted by molar-refractivity contribution is 8.00. The third kappa shape index (κ3) is 5.19. The molecule has 0 aliphatic carbocycles. The number of halogens is 3. The Labute approximate surface area is 168 Å². The van der Waals surface area contributed by atoms with Gasteiger partial charge in [0, 0.05) is 5.69 Å². The molecule has 1 heterocycles. The summed E-state index contributed by atoms with van der Waals surface area (Å²) in [5.74, 6) is 4.89. The summed E-state index contributed by atoms with van der Waals surface area (Å²) >= 11 is 0.767. The van der Waals surface area contributed by atoms with E-state index >= 15 is 0 Å². The molecule has 3 rings (SSSR count). The Morgan fingerprint density at radius 1 is 1.10 bits per heavy atom. The number of nitrogens with two attached hydrogens (primary N) is 1. The number of aromatic nitrogens is 3. The highest BCUT2D eigenvalue weighted by atomic mass is 32.2. The minimum Gasteiger partial charge on any atom is -0.457 e. The van der Waals surface area contributed by atoms with Crippen molar-refractivity contribution in [2.75, 3.05) is 11.2 Å². The van der Waals surface area contributed by atoms with E-state index in [0.717, 1.165) is 11.8 Å². The Kier molecular flexibility index (Phi) is 5.97. The van der Waals surface area contributed by atoms with E-state index in [1.165, 1.54) is 6.92 Å². The van der Waals surface area contributed by atoms with Gasteiger partial charge >= 0.3 is 6.18 Å². The number of ether oxygens (including phenoxy) is 1. The summed E-state index contributed by atoms with van der Waals surface area (Å²) in [7, 11) is 0. The summed E-state index contributed by atoms with van der Waals surface area (Å²) in [4.78, 5) is 12.3. The molecule has 152 valence electrons. The fraction of sp³-hybridized carbons (Fsp3) is 0.167. The molecule has 1 amide bonds. The summed E-state index contributed by atoms with van der Waals surface area (Å²) in [6, 6.07) is 15.9. The van der Waals surface area contributed by atoms with Crippen LogP contribution in [0.15, 0.2) is 59.8 Å². The molecule has 1 unspecified atom stereocenters. The number of nitrogen functional groups attached to an aromatic ring is 1. The molecular weight excluding hydrogens is 407 g/mol. The van der Waals surface area contributed by atoms with Crippen LogP contribution in [-0.2, 0) is 11.0 Å². The second-order valence-electron chi connectivity index (χ2n) is 5.86. The topological polar surface area (TPSA) is 95.1 Å². The molecule has 0 fully saturated rings. The Morgan fingerprint density at radius 3 is 2.31 bits per heavy atom. The largest absolute Gasteiger partial charge is 0.457 e. The van der Waals surface area contributed by atoms with Gasteiger partial charge in [-0.05, 0) is 43.3 Å². The number of carbonyl (C=O) groups is 1. The molecular formula is C18H16F3N5O2S. The molecule has 0 saturated heterocycles. The lowest BCUT2D eigenvalue weighted by Gasteiger charge is -2.12. The molecule has 1 atom stereocenters. The predicted octanol–water partition coefficient (Wildman–Crippen LogP) is 3.92. The average molecular weight is 423 g/mol. The summed E-state index contributed by atoms with van der Waals surface area (Å²) < 4.78 is 44.1. The number of nitrogens with zero attached hydrogens (tertiary/aromatic N) is 3. The Morgan fingerprint density at radius 2 is 1.72 bits per heavy atom. The van der Waals surface area contributed by atoms with Gasteiger partial charge in [0.2, 0.25) is 11.1 Å². The molecule has 3 N–H and O–H groups in total. The van der Waals surface area contributed by atoms with Crippen LogP contribution in [0.1, 0.15) is 12.7 Å². The van der Waals surface area contributed by atoms with E-state index in [-0.39, 0.29) is 5.16 Å². The van der Waals surface area contributed by atoms with Crippen LogP contribution in [0.4, 0.5) is 18.9 Å². The minimum atomic E-state index is -4.73. The zero-order valence-corrected chi connectivity index (χ0v) is 15.9. The van der Waals surface area contributed by atoms with E-state index in [1.807, 2.05) is 30.3 Å². The van der Waals surface area contributed by atoms with Crippen molar-refractivity contribution in [3.05, 3.63) is 60.4 Å². The average Bonchev–Trinajstić information content (AvgIpc) is 3.05. The standard InChI is InChI=1S/C18H16F3N5O2S/c1-11(29-17-25-24-16(26(17)22)18(19,20)21)15(27)23-12-7-9-14(10-8-12)28-13-5-3-2-4-6-13/h2-11H,22H2,1H3,(H,23,27). The zero-order valence-electron chi connectivity index (χ0n) is 15.1. The lowest BCUT2D eigenvalue weighted by atomic mass is 10.3. The van der Waals surface area contributed by atoms with Crippen molar-refractivity contribution in [1.82, 2.24) is 14.9 Å². The monoisotopic (exact) mass is 423 g/mol. The number of alkyl halides is 3. The lowest BCUT2D eigenvalue weighted by Crippen LogP contribution is -2.25. The molecule has 29 heavy (non-hydrogen) atoms. The highest BCUT2D eigenvalue weighted by Gasteiger charge is 2.38. The highest BCUT2D eigenvalue weighted by Crippen LogP contribution is 2.30. The fourth-order valence-corrected chi connectivity index (χ4v) is 3.01. The maximum absolute atomic E-state index is 12.7. The van der Waals surface area contributed by atoms with Gasteiger partial charge in [0.1, 0.15) is 11.5 Å². The first-order chi connectivity index (χ1) is 13.7. The summed E-state index contributed by atoms with van der Waals surface area (Å²) in [5, 5.41) is 8.12. The van der Waals surface area contributed by atoms with Gasteiger partial charge in [-0.2, -0.15) is 13.2 Å². The van der Waals surface area contributed by atoms with Crippen LogP contribution in [0.2, 0.25) is 0 Å². The Balaban J connectivity index is 1.59. The van der Waals surface area contributed by atoms with Gasteiger partial charge in [-0.1, -0.05) is 30.0 Å². The number of thioether (sulfide) groups is 1. The van der Waals surface area contributed by atoms with Gasteiger partial charge in [-0.25, -0.2) is 4.68 Å². The van der Waals surface area contributed by atoms with E-state index in [4.69, 9.17) is 10.6 Å². The molecule has 11 heteroatoms. The molecule has 0 spiro atoms. The van der Waals surface area contributed by atoms with Crippen molar-refractivity contribution in [2.45, 2.75) is 23.5 Å². The van der Waals surface area contributed by atoms with Crippen LogP contribution in [-0.4, -0.2) is 26.0 Å². The number of para-hydroxylation sites is 1. The molecule has 1 aromatic heterocycles. The SMILES string of the molecule is CC(Sc1nnc(C(F)(F)F)n1N)C(=O)Nc1ccc(Oc2ccccc2)cc1. The maximum Gasteiger partial charge on any atom is 0.453 e. The molecule has 7 nitrogen and oxygen atoms in total. The first-order valence-corrected chi connectivity index (χ1v) is 9.20. The molecule has 3 aromatic rings. The molecule has 0 saturated carbocycles. The van der Waals surface area contributed by atoms with E-state index in [9.17, 15) is 18.0 Å². The predicted molar refractivity (Wildman–Crippen MR) is 102 cm³/mol. The van der Waals surface area contributed by atoms with Gasteiger partial charge in [-0.15, -0.1) is 10.2 Å². The van der Waals surface area contributed by atoms with E-state index in [0.29, 0.717) is 21.9 Å². The smallest absolute Gasteiger partial charge is 0.453 e. The zero-order chi connectivity index (χ0) is 21.0. The number of benzene rings is 2. The molecule has 0 bridgehead atoms. The first-order valence-electron chi connectivity index (χ1n) is 8.32. The number of hydrogen-bond acceptors (Lipinski definition) is 6. The summed E-state index contributed by atoms with van der Waals surface area (Å²) in [6.07, 6.45) is -4.73. The molecule has 0 aliphatic heterocycles. The fourth-order valence-electron chi connectivity index (χ4n) is 2.24. The molecule has 2 aromatic carbocycles. The number of anilines is 1. The van der Waals surface area contributed by atoms with E-state index in [1.54, 1.807) is 24.3 Å². The number of hydrogen-bond donors (Lipinski definition) is 2. The van der Waals surface area contributed by atoms with Crippen LogP contribution in [0.5, 0.6) is 11.5 Å². The third-order valence-corrected chi connectivity index (χ3v) is 4.73. The summed E-state index contributed by atoms with van der Waals surface area (Å²) in [6.45, 7) is 1.52. The number of amides is 1. The van der Waals surface area contributed by atoms with Crippen LogP contribution >= 0.6 is 11.8 Å². The van der Waals surface area contributed by atoms with Gasteiger partial charge in [-0.3, -0.25) is 4.79 Å². The first kappa shape index (κ1) is 20.5. The van der Waals surface area contributed by atoms with Crippen molar-refractivity contribution in [2.24, 2.45) is 0 Å². The molecule has 0 radical (unpaired) electrons. The normalized spacial score (nSPS) is 12.4. The van der Waals surface area contributed by atoms with E-state index in [2.05, 4.69) is 15.5 Å². The van der Waals surface area contributed by atoms with Crippen LogP contribution in [0.25, 0.3) is 0 Å². The van der Waals surface area contributed by atoms with Gasteiger partial charge in [0.05, 0.1) is 5.25 Å². The van der Waals surface area contributed by atoms with Gasteiger partial charge in [0.25, 0.3) is 5.82 Å². The lowest BCUT2D eigenvalue weighted by molar-refractivity contribution is -0.146.